The molecule has 1 atom stereocenters. The number of benzene rings is 1. The van der Waals surface area contributed by atoms with Crippen LogP contribution in [0.4, 0.5) is 5.82 Å². The minimum Gasteiger partial charge on any atom is -0.355 e. The average molecular weight is 348 g/mol. The maximum atomic E-state index is 4.71. The summed E-state index contributed by atoms with van der Waals surface area (Å²) in [5.41, 5.74) is 2.08. The second kappa shape index (κ2) is 6.68. The molecule has 5 rings (SSSR count). The Morgan fingerprint density at radius 3 is 2.65 bits per heavy atom. The molecule has 3 aromatic rings. The van der Waals surface area contributed by atoms with Gasteiger partial charge in [-0.05, 0) is 38.8 Å². The second-order valence-electron chi connectivity index (χ2n) is 7.32. The molecule has 0 unspecified atom stereocenters. The molecule has 2 aliphatic rings. The van der Waals surface area contributed by atoms with Crippen molar-refractivity contribution in [1.82, 2.24) is 24.5 Å². The summed E-state index contributed by atoms with van der Waals surface area (Å²) in [6.45, 7) is 4.64. The van der Waals surface area contributed by atoms with Crippen molar-refractivity contribution in [2.45, 2.75) is 31.7 Å². The summed E-state index contributed by atoms with van der Waals surface area (Å²) in [4.78, 5) is 14.2. The first-order valence-corrected chi connectivity index (χ1v) is 9.64. The third kappa shape index (κ3) is 2.84. The van der Waals surface area contributed by atoms with Crippen LogP contribution >= 0.6 is 0 Å². The number of likely N-dealkylation sites (tertiary alicyclic amines) is 1. The van der Waals surface area contributed by atoms with Gasteiger partial charge < -0.3 is 4.90 Å². The normalized spacial score (nSPS) is 21.5. The number of piperidine rings is 1. The highest BCUT2D eigenvalue weighted by molar-refractivity contribution is 5.65. The van der Waals surface area contributed by atoms with E-state index >= 15 is 0 Å². The first kappa shape index (κ1) is 15.8. The minimum atomic E-state index is 0.651. The molecule has 4 heterocycles. The Morgan fingerprint density at radius 2 is 1.81 bits per heavy atom. The molecule has 134 valence electrons. The van der Waals surface area contributed by atoms with Gasteiger partial charge in [-0.15, -0.1) is 0 Å². The molecule has 0 amide bonds. The Bertz CT molecular complexity index is 884. The lowest BCUT2D eigenvalue weighted by Gasteiger charge is -2.38. The summed E-state index contributed by atoms with van der Waals surface area (Å²) in [6.07, 6.45) is 6.81. The average Bonchev–Trinajstić information content (AvgIpc) is 3.40. The molecule has 0 spiro atoms. The van der Waals surface area contributed by atoms with Crippen LogP contribution in [0.5, 0.6) is 0 Å². The van der Waals surface area contributed by atoms with Gasteiger partial charge in [-0.3, -0.25) is 4.90 Å². The fraction of sp³-hybridized carbons (Fsp3) is 0.450. The fourth-order valence-corrected chi connectivity index (χ4v) is 4.35. The van der Waals surface area contributed by atoms with Gasteiger partial charge >= 0.3 is 0 Å². The Kier molecular flexibility index (Phi) is 4.05. The number of anilines is 1. The van der Waals surface area contributed by atoms with Gasteiger partial charge in [0.2, 0.25) is 0 Å². The second-order valence-corrected chi connectivity index (χ2v) is 7.32. The smallest absolute Gasteiger partial charge is 0.254 e. The van der Waals surface area contributed by atoms with Crippen molar-refractivity contribution in [3.8, 4) is 11.3 Å². The van der Waals surface area contributed by atoms with Gasteiger partial charge in [0.1, 0.15) is 12.1 Å². The number of fused-ring (bicyclic) bond motifs is 1. The highest BCUT2D eigenvalue weighted by atomic mass is 15.4. The van der Waals surface area contributed by atoms with Crippen LogP contribution in [0, 0.1) is 0 Å². The van der Waals surface area contributed by atoms with Crippen LogP contribution in [0.1, 0.15) is 25.7 Å². The van der Waals surface area contributed by atoms with E-state index in [4.69, 9.17) is 4.98 Å². The standard InChI is InChI=1S/C20H24N6/c1-2-7-16(8-3-1)18-13-19(26-20(23-18)21-15-22-26)25-12-6-9-17(14-25)24-10-4-5-11-24/h1-3,7-8,13,15,17H,4-6,9-12,14H2/t17-/m0/s1. The summed E-state index contributed by atoms with van der Waals surface area (Å²) in [6, 6.07) is 13.2. The van der Waals surface area contributed by atoms with Crippen LogP contribution in [0.3, 0.4) is 0 Å². The lowest BCUT2D eigenvalue weighted by molar-refractivity contribution is 0.215. The van der Waals surface area contributed by atoms with Crippen LogP contribution in [-0.2, 0) is 0 Å². The molecular formula is C20H24N6. The van der Waals surface area contributed by atoms with Gasteiger partial charge in [-0.2, -0.15) is 14.6 Å². The molecule has 2 aliphatic heterocycles. The van der Waals surface area contributed by atoms with Crippen molar-refractivity contribution >= 4 is 11.6 Å². The van der Waals surface area contributed by atoms with E-state index in [0.717, 1.165) is 30.2 Å². The van der Waals surface area contributed by atoms with Gasteiger partial charge in [0.25, 0.3) is 5.78 Å². The predicted octanol–water partition coefficient (Wildman–Crippen LogP) is 2.86. The van der Waals surface area contributed by atoms with Gasteiger partial charge in [0.05, 0.1) is 5.69 Å². The molecule has 6 heteroatoms. The minimum absolute atomic E-state index is 0.651. The lowest BCUT2D eigenvalue weighted by atomic mass is 10.0. The number of nitrogens with zero attached hydrogens (tertiary/aromatic N) is 6. The zero-order chi connectivity index (χ0) is 17.3. The summed E-state index contributed by atoms with van der Waals surface area (Å²) in [5.74, 6) is 1.78. The number of aromatic nitrogens is 4. The van der Waals surface area contributed by atoms with Crippen LogP contribution in [0.2, 0.25) is 0 Å². The van der Waals surface area contributed by atoms with Crippen LogP contribution in [-0.4, -0.2) is 56.7 Å². The monoisotopic (exact) mass is 348 g/mol. The van der Waals surface area contributed by atoms with Crippen molar-refractivity contribution in [3.63, 3.8) is 0 Å². The molecular weight excluding hydrogens is 324 g/mol. The number of rotatable bonds is 3. The maximum absolute atomic E-state index is 4.71. The van der Waals surface area contributed by atoms with Crippen molar-refractivity contribution < 1.29 is 0 Å². The number of hydrogen-bond acceptors (Lipinski definition) is 5. The van der Waals surface area contributed by atoms with E-state index in [0.29, 0.717) is 11.8 Å². The van der Waals surface area contributed by atoms with E-state index in [2.05, 4.69) is 50.2 Å². The van der Waals surface area contributed by atoms with Crippen LogP contribution in [0.15, 0.2) is 42.7 Å². The van der Waals surface area contributed by atoms with E-state index in [9.17, 15) is 0 Å². The summed E-state index contributed by atoms with van der Waals surface area (Å²) in [7, 11) is 0. The van der Waals surface area contributed by atoms with Crippen molar-refractivity contribution in [2.75, 3.05) is 31.1 Å². The lowest BCUT2D eigenvalue weighted by Crippen LogP contribution is -2.47. The van der Waals surface area contributed by atoms with E-state index in [1.807, 2.05) is 10.6 Å². The maximum Gasteiger partial charge on any atom is 0.254 e. The molecule has 2 aromatic heterocycles. The molecule has 26 heavy (non-hydrogen) atoms. The Morgan fingerprint density at radius 1 is 0.962 bits per heavy atom. The SMILES string of the molecule is c1ccc(-c2cc(N3CCC[C@H](N4CCCC4)C3)n3ncnc3n2)cc1. The fourth-order valence-electron chi connectivity index (χ4n) is 4.35. The van der Waals surface area contributed by atoms with Gasteiger partial charge in [0, 0.05) is 30.8 Å². The quantitative estimate of drug-likeness (QED) is 0.728. The zero-order valence-electron chi connectivity index (χ0n) is 15.0. The molecule has 0 bridgehead atoms. The summed E-state index contributed by atoms with van der Waals surface area (Å²) in [5, 5.41) is 4.44. The zero-order valence-corrected chi connectivity index (χ0v) is 15.0. The Balaban J connectivity index is 1.52. The molecule has 6 nitrogen and oxygen atoms in total. The van der Waals surface area contributed by atoms with Crippen molar-refractivity contribution in [1.29, 1.82) is 0 Å². The van der Waals surface area contributed by atoms with E-state index in [-0.39, 0.29) is 0 Å². The first-order chi connectivity index (χ1) is 12.9. The Labute approximate surface area is 153 Å². The van der Waals surface area contributed by atoms with E-state index < -0.39 is 0 Å². The summed E-state index contributed by atoms with van der Waals surface area (Å²) < 4.78 is 1.89. The van der Waals surface area contributed by atoms with Crippen LogP contribution in [0.25, 0.3) is 17.0 Å². The van der Waals surface area contributed by atoms with Gasteiger partial charge in [-0.25, -0.2) is 4.98 Å². The topological polar surface area (TPSA) is 49.6 Å². The van der Waals surface area contributed by atoms with E-state index in [1.54, 1.807) is 6.33 Å². The molecule has 2 fully saturated rings. The highest BCUT2D eigenvalue weighted by Gasteiger charge is 2.28. The van der Waals surface area contributed by atoms with Crippen LogP contribution < -0.4 is 4.90 Å². The molecule has 2 saturated heterocycles. The van der Waals surface area contributed by atoms with E-state index in [1.165, 1.54) is 38.8 Å². The predicted molar refractivity (Wildman–Crippen MR) is 102 cm³/mol. The largest absolute Gasteiger partial charge is 0.355 e. The molecule has 0 radical (unpaired) electrons. The summed E-state index contributed by atoms with van der Waals surface area (Å²) >= 11 is 0. The van der Waals surface area contributed by atoms with Crippen molar-refractivity contribution in [2.24, 2.45) is 0 Å². The van der Waals surface area contributed by atoms with Crippen molar-refractivity contribution in [3.05, 3.63) is 42.7 Å². The molecule has 0 saturated carbocycles. The third-order valence-corrected chi connectivity index (χ3v) is 5.68. The highest BCUT2D eigenvalue weighted by Crippen LogP contribution is 2.28. The first-order valence-electron chi connectivity index (χ1n) is 9.64. The number of hydrogen-bond donors (Lipinski definition) is 0. The Hall–Kier alpha value is -2.47. The molecule has 0 N–H and O–H groups in total. The molecule has 1 aromatic carbocycles. The molecule has 0 aliphatic carbocycles. The van der Waals surface area contributed by atoms with Gasteiger partial charge in [0.15, 0.2) is 0 Å². The van der Waals surface area contributed by atoms with Gasteiger partial charge in [-0.1, -0.05) is 30.3 Å². The third-order valence-electron chi connectivity index (χ3n) is 5.68.